The topological polar surface area (TPSA) is 66.6 Å². The van der Waals surface area contributed by atoms with E-state index in [9.17, 15) is 9.90 Å². The van der Waals surface area contributed by atoms with Crippen molar-refractivity contribution in [3.63, 3.8) is 0 Å². The zero-order valence-corrected chi connectivity index (χ0v) is 10.5. The Morgan fingerprint density at radius 3 is 3.06 bits per heavy atom. The molecular weight excluding hydrogens is 228 g/mol. The van der Waals surface area contributed by atoms with Crippen LogP contribution in [0.3, 0.4) is 0 Å². The maximum atomic E-state index is 12.1. The Morgan fingerprint density at radius 1 is 1.50 bits per heavy atom. The first-order valence-corrected chi connectivity index (χ1v) is 6.45. The van der Waals surface area contributed by atoms with Crippen molar-refractivity contribution in [1.82, 2.24) is 4.90 Å². The molecule has 1 saturated heterocycles. The Kier molecular flexibility index (Phi) is 4.20. The van der Waals surface area contributed by atoms with E-state index in [4.69, 9.17) is 5.73 Å². The Balaban J connectivity index is 1.88. The Morgan fingerprint density at radius 2 is 2.33 bits per heavy atom. The minimum Gasteiger partial charge on any atom is -0.399 e. The fourth-order valence-corrected chi connectivity index (χ4v) is 2.50. The lowest BCUT2D eigenvalue weighted by atomic mass is 10.1. The van der Waals surface area contributed by atoms with Crippen LogP contribution >= 0.6 is 0 Å². The second kappa shape index (κ2) is 5.87. The van der Waals surface area contributed by atoms with Gasteiger partial charge in [-0.25, -0.2) is 0 Å². The number of amides is 1. The quantitative estimate of drug-likeness (QED) is 0.786. The highest BCUT2D eigenvalue weighted by molar-refractivity contribution is 5.77. The van der Waals surface area contributed by atoms with Crippen molar-refractivity contribution in [2.24, 2.45) is 0 Å². The number of carbonyl (C=O) groups excluding carboxylic acids is 1. The maximum absolute atomic E-state index is 12.1. The molecule has 0 radical (unpaired) electrons. The molecule has 0 aromatic heterocycles. The summed E-state index contributed by atoms with van der Waals surface area (Å²) in [5, 5.41) is 9.20. The third-order valence-electron chi connectivity index (χ3n) is 3.49. The summed E-state index contributed by atoms with van der Waals surface area (Å²) in [7, 11) is 0. The molecule has 4 heteroatoms. The van der Waals surface area contributed by atoms with Crippen molar-refractivity contribution in [2.75, 3.05) is 18.9 Å². The molecule has 0 bridgehead atoms. The number of aliphatic hydroxyl groups excluding tert-OH is 1. The Hall–Kier alpha value is -1.55. The molecule has 3 N–H and O–H groups in total. The van der Waals surface area contributed by atoms with Gasteiger partial charge in [-0.15, -0.1) is 0 Å². The average Bonchev–Trinajstić information content (AvgIpc) is 2.84. The molecule has 98 valence electrons. The normalized spacial score (nSPS) is 19.2. The lowest BCUT2D eigenvalue weighted by Crippen LogP contribution is -2.37. The van der Waals surface area contributed by atoms with Crippen molar-refractivity contribution in [3.8, 4) is 0 Å². The van der Waals surface area contributed by atoms with Gasteiger partial charge in [0.05, 0.1) is 12.6 Å². The van der Waals surface area contributed by atoms with Crippen LogP contribution in [-0.2, 0) is 11.2 Å². The van der Waals surface area contributed by atoms with Crippen molar-refractivity contribution in [2.45, 2.75) is 31.7 Å². The second-order valence-electron chi connectivity index (χ2n) is 4.81. The molecule has 4 nitrogen and oxygen atoms in total. The zero-order valence-electron chi connectivity index (χ0n) is 10.5. The van der Waals surface area contributed by atoms with E-state index in [2.05, 4.69) is 0 Å². The van der Waals surface area contributed by atoms with Gasteiger partial charge in [0.2, 0.25) is 5.91 Å². The van der Waals surface area contributed by atoms with Gasteiger partial charge in [0, 0.05) is 18.7 Å². The minimum atomic E-state index is 0.0262. The second-order valence-corrected chi connectivity index (χ2v) is 4.81. The standard InChI is InChI=1S/C14H20N2O2/c15-12-4-1-3-11(9-12)6-7-14(18)16-8-2-5-13(16)10-17/h1,3-4,9,13,17H,2,5-8,10,15H2/t13-/m0/s1. The van der Waals surface area contributed by atoms with E-state index in [1.165, 1.54) is 0 Å². The van der Waals surface area contributed by atoms with Crippen molar-refractivity contribution in [3.05, 3.63) is 29.8 Å². The monoisotopic (exact) mass is 248 g/mol. The lowest BCUT2D eigenvalue weighted by Gasteiger charge is -2.23. The molecule has 0 aliphatic carbocycles. The minimum absolute atomic E-state index is 0.0262. The van der Waals surface area contributed by atoms with Crippen LogP contribution in [0.4, 0.5) is 5.69 Å². The van der Waals surface area contributed by atoms with Gasteiger partial charge in [-0.3, -0.25) is 4.79 Å². The van der Waals surface area contributed by atoms with Crippen molar-refractivity contribution in [1.29, 1.82) is 0 Å². The predicted molar refractivity (Wildman–Crippen MR) is 71.0 cm³/mol. The number of nitrogens with two attached hydrogens (primary N) is 1. The van der Waals surface area contributed by atoms with Crippen LogP contribution in [-0.4, -0.2) is 35.1 Å². The fourth-order valence-electron chi connectivity index (χ4n) is 2.50. The molecule has 0 spiro atoms. The molecule has 1 heterocycles. The van der Waals surface area contributed by atoms with Gasteiger partial charge in [0.25, 0.3) is 0 Å². The molecule has 1 aromatic carbocycles. The number of nitrogen functional groups attached to an aromatic ring is 1. The van der Waals surface area contributed by atoms with E-state index in [1.54, 1.807) is 0 Å². The summed E-state index contributed by atoms with van der Waals surface area (Å²) in [4.78, 5) is 13.9. The average molecular weight is 248 g/mol. The maximum Gasteiger partial charge on any atom is 0.223 e. The molecule has 1 aliphatic heterocycles. The summed E-state index contributed by atoms with van der Waals surface area (Å²) < 4.78 is 0. The molecule has 1 atom stereocenters. The molecular formula is C14H20N2O2. The van der Waals surface area contributed by atoms with E-state index in [1.807, 2.05) is 29.2 Å². The molecule has 1 fully saturated rings. The van der Waals surface area contributed by atoms with Crippen LogP contribution in [0.1, 0.15) is 24.8 Å². The number of rotatable bonds is 4. The number of benzene rings is 1. The Bertz CT molecular complexity index is 420. The summed E-state index contributed by atoms with van der Waals surface area (Å²) >= 11 is 0. The van der Waals surface area contributed by atoms with Crippen LogP contribution in [0, 0.1) is 0 Å². The number of nitrogens with zero attached hydrogens (tertiary/aromatic N) is 1. The fraction of sp³-hybridized carbons (Fsp3) is 0.500. The van der Waals surface area contributed by atoms with Crippen LogP contribution in [0.25, 0.3) is 0 Å². The van der Waals surface area contributed by atoms with E-state index >= 15 is 0 Å². The third-order valence-corrected chi connectivity index (χ3v) is 3.49. The number of aryl methyl sites for hydroxylation is 1. The van der Waals surface area contributed by atoms with Gasteiger partial charge >= 0.3 is 0 Å². The van der Waals surface area contributed by atoms with Crippen LogP contribution < -0.4 is 5.73 Å². The molecule has 1 amide bonds. The summed E-state index contributed by atoms with van der Waals surface area (Å²) in [6.07, 6.45) is 3.11. The van der Waals surface area contributed by atoms with E-state index in [0.717, 1.165) is 30.6 Å². The molecule has 18 heavy (non-hydrogen) atoms. The van der Waals surface area contributed by atoms with Crippen LogP contribution in [0.2, 0.25) is 0 Å². The van der Waals surface area contributed by atoms with Gasteiger partial charge in [0.15, 0.2) is 0 Å². The first-order chi connectivity index (χ1) is 8.70. The highest BCUT2D eigenvalue weighted by atomic mass is 16.3. The van der Waals surface area contributed by atoms with E-state index in [-0.39, 0.29) is 18.6 Å². The number of aliphatic hydroxyl groups is 1. The van der Waals surface area contributed by atoms with Gasteiger partial charge in [0.1, 0.15) is 0 Å². The molecule has 1 aromatic rings. The van der Waals surface area contributed by atoms with Crippen molar-refractivity contribution < 1.29 is 9.90 Å². The number of hydrogen-bond donors (Lipinski definition) is 2. The van der Waals surface area contributed by atoms with Crippen LogP contribution in [0.15, 0.2) is 24.3 Å². The number of hydrogen-bond acceptors (Lipinski definition) is 3. The van der Waals surface area contributed by atoms with Gasteiger partial charge in [-0.05, 0) is 37.0 Å². The third kappa shape index (κ3) is 3.01. The van der Waals surface area contributed by atoms with Gasteiger partial charge < -0.3 is 15.7 Å². The largest absolute Gasteiger partial charge is 0.399 e. The van der Waals surface area contributed by atoms with E-state index in [0.29, 0.717) is 12.8 Å². The molecule has 0 unspecified atom stereocenters. The van der Waals surface area contributed by atoms with Crippen LogP contribution in [0.5, 0.6) is 0 Å². The van der Waals surface area contributed by atoms with Gasteiger partial charge in [-0.2, -0.15) is 0 Å². The summed E-state index contributed by atoms with van der Waals surface area (Å²) in [6, 6.07) is 7.66. The first-order valence-electron chi connectivity index (χ1n) is 6.45. The summed E-state index contributed by atoms with van der Waals surface area (Å²) in [6.45, 7) is 0.852. The molecule has 0 saturated carbocycles. The predicted octanol–water partition coefficient (Wildman–Crippen LogP) is 1.18. The number of likely N-dealkylation sites (tertiary alicyclic amines) is 1. The van der Waals surface area contributed by atoms with Gasteiger partial charge in [-0.1, -0.05) is 12.1 Å². The molecule has 1 aliphatic rings. The summed E-state index contributed by atoms with van der Waals surface area (Å²) in [5.74, 6) is 0.133. The zero-order chi connectivity index (χ0) is 13.0. The summed E-state index contributed by atoms with van der Waals surface area (Å²) in [5.41, 5.74) is 7.52. The Labute approximate surface area is 107 Å². The molecule has 2 rings (SSSR count). The number of carbonyl (C=O) groups is 1. The lowest BCUT2D eigenvalue weighted by molar-refractivity contribution is -0.132. The SMILES string of the molecule is Nc1cccc(CCC(=O)N2CCC[C@H]2CO)c1. The number of anilines is 1. The highest BCUT2D eigenvalue weighted by Crippen LogP contribution is 2.18. The highest BCUT2D eigenvalue weighted by Gasteiger charge is 2.27. The smallest absolute Gasteiger partial charge is 0.223 e. The van der Waals surface area contributed by atoms with Crippen molar-refractivity contribution >= 4 is 11.6 Å². The van der Waals surface area contributed by atoms with E-state index < -0.39 is 0 Å². The first kappa shape index (κ1) is 12.9.